The van der Waals surface area contributed by atoms with Gasteiger partial charge in [0.25, 0.3) is 0 Å². The van der Waals surface area contributed by atoms with E-state index < -0.39 is 0 Å². The van der Waals surface area contributed by atoms with E-state index in [0.29, 0.717) is 11.0 Å². The molecule has 0 saturated carbocycles. The topological polar surface area (TPSA) is 64.2 Å². The summed E-state index contributed by atoms with van der Waals surface area (Å²) in [6, 6.07) is 5.11. The summed E-state index contributed by atoms with van der Waals surface area (Å²) in [6.45, 7) is 0.739. The number of imidazole rings is 1. The first kappa shape index (κ1) is 11.3. The van der Waals surface area contributed by atoms with Crippen LogP contribution in [0.2, 0.25) is 5.02 Å². The van der Waals surface area contributed by atoms with Gasteiger partial charge in [-0.2, -0.15) is 0 Å². The van der Waals surface area contributed by atoms with Crippen LogP contribution >= 0.6 is 11.6 Å². The fourth-order valence-electron chi connectivity index (χ4n) is 2.46. The highest BCUT2D eigenvalue weighted by Crippen LogP contribution is 2.30. The minimum absolute atomic E-state index is 0.0703. The molecule has 3 rings (SSSR count). The predicted octanol–water partition coefficient (Wildman–Crippen LogP) is 1.68. The molecule has 94 valence electrons. The van der Waals surface area contributed by atoms with Crippen LogP contribution in [0.1, 0.15) is 12.5 Å². The number of carbonyl (C=O) groups is 1. The van der Waals surface area contributed by atoms with E-state index in [0.717, 1.165) is 24.0 Å². The van der Waals surface area contributed by atoms with Crippen molar-refractivity contribution in [2.45, 2.75) is 12.5 Å². The maximum absolute atomic E-state index is 12.1. The molecule has 0 radical (unpaired) electrons. The largest absolute Gasteiger partial charge is 0.369 e. The number of aromatic nitrogens is 2. The van der Waals surface area contributed by atoms with E-state index in [4.69, 9.17) is 17.3 Å². The highest BCUT2D eigenvalue weighted by molar-refractivity contribution is 6.31. The number of hydrogen-bond donors (Lipinski definition) is 1. The second kappa shape index (κ2) is 3.88. The number of amides is 1. The fourth-order valence-corrected chi connectivity index (χ4v) is 2.62. The molecule has 1 aliphatic heterocycles. The van der Waals surface area contributed by atoms with Crippen LogP contribution in [0.4, 0.5) is 5.95 Å². The summed E-state index contributed by atoms with van der Waals surface area (Å²) in [4.78, 5) is 18.1. The van der Waals surface area contributed by atoms with Gasteiger partial charge in [0.05, 0.1) is 11.0 Å². The monoisotopic (exact) mass is 264 g/mol. The van der Waals surface area contributed by atoms with Gasteiger partial charge in [-0.15, -0.1) is 0 Å². The Labute approximate surface area is 109 Å². The number of rotatable bonds is 1. The molecule has 1 unspecified atom stereocenters. The summed E-state index contributed by atoms with van der Waals surface area (Å²) >= 11 is 5.99. The van der Waals surface area contributed by atoms with Crippen LogP contribution in [0.15, 0.2) is 18.2 Å². The highest BCUT2D eigenvalue weighted by Gasteiger charge is 2.32. The van der Waals surface area contributed by atoms with Crippen LogP contribution in [0.5, 0.6) is 0 Å². The van der Waals surface area contributed by atoms with Crippen molar-refractivity contribution >= 4 is 34.5 Å². The molecule has 18 heavy (non-hydrogen) atoms. The molecule has 0 bridgehead atoms. The van der Waals surface area contributed by atoms with Crippen molar-refractivity contribution in [2.24, 2.45) is 0 Å². The number of benzene rings is 1. The van der Waals surface area contributed by atoms with E-state index >= 15 is 0 Å². The lowest BCUT2D eigenvalue weighted by atomic mass is 10.2. The van der Waals surface area contributed by atoms with Crippen molar-refractivity contribution < 1.29 is 4.79 Å². The minimum atomic E-state index is -0.265. The molecule has 2 N–H and O–H groups in total. The van der Waals surface area contributed by atoms with Gasteiger partial charge in [0.2, 0.25) is 11.9 Å². The van der Waals surface area contributed by atoms with E-state index in [1.807, 2.05) is 6.07 Å². The summed E-state index contributed by atoms with van der Waals surface area (Å²) in [7, 11) is 1.80. The lowest BCUT2D eigenvalue weighted by molar-refractivity contribution is -0.129. The molecule has 0 spiro atoms. The Hall–Kier alpha value is -1.75. The Balaban J connectivity index is 2.19. The second-order valence-corrected chi connectivity index (χ2v) is 4.97. The first-order valence-electron chi connectivity index (χ1n) is 5.76. The molecule has 0 aliphatic carbocycles. The van der Waals surface area contributed by atoms with E-state index in [1.54, 1.807) is 28.6 Å². The van der Waals surface area contributed by atoms with Crippen molar-refractivity contribution in [1.82, 2.24) is 14.5 Å². The highest BCUT2D eigenvalue weighted by atomic mass is 35.5. The summed E-state index contributed by atoms with van der Waals surface area (Å²) < 4.78 is 1.78. The van der Waals surface area contributed by atoms with Crippen molar-refractivity contribution in [2.75, 3.05) is 19.3 Å². The van der Waals surface area contributed by atoms with E-state index in [9.17, 15) is 4.79 Å². The average Bonchev–Trinajstić information content (AvgIpc) is 2.81. The Kier molecular flexibility index (Phi) is 2.45. The first-order valence-corrected chi connectivity index (χ1v) is 6.13. The second-order valence-electron chi connectivity index (χ2n) is 4.54. The maximum Gasteiger partial charge on any atom is 0.245 e. The zero-order valence-corrected chi connectivity index (χ0v) is 10.7. The molecule has 1 atom stereocenters. The predicted molar refractivity (Wildman–Crippen MR) is 70.4 cm³/mol. The zero-order chi connectivity index (χ0) is 12.9. The van der Waals surface area contributed by atoms with E-state index in [-0.39, 0.29) is 11.9 Å². The SMILES string of the molecule is CN1CCC(n2c(N)nc3ccc(Cl)cc32)C1=O. The smallest absolute Gasteiger partial charge is 0.245 e. The molecule has 5 nitrogen and oxygen atoms in total. The Morgan fingerprint density at radius 2 is 2.28 bits per heavy atom. The number of likely N-dealkylation sites (N-methyl/N-ethyl adjacent to an activating group) is 1. The molecule has 1 aromatic heterocycles. The molecule has 1 saturated heterocycles. The Morgan fingerprint density at radius 1 is 1.50 bits per heavy atom. The van der Waals surface area contributed by atoms with Crippen LogP contribution < -0.4 is 5.73 Å². The fraction of sp³-hybridized carbons (Fsp3) is 0.333. The number of nitrogens with zero attached hydrogens (tertiary/aromatic N) is 3. The maximum atomic E-state index is 12.1. The Bertz CT molecular complexity index is 636. The molecule has 1 aliphatic rings. The van der Waals surface area contributed by atoms with Gasteiger partial charge in [-0.25, -0.2) is 4.98 Å². The van der Waals surface area contributed by atoms with Crippen LogP contribution in [-0.4, -0.2) is 34.0 Å². The van der Waals surface area contributed by atoms with Crippen LogP contribution in [0, 0.1) is 0 Å². The van der Waals surface area contributed by atoms with Gasteiger partial charge < -0.3 is 10.6 Å². The number of carbonyl (C=O) groups excluding carboxylic acids is 1. The van der Waals surface area contributed by atoms with Gasteiger partial charge in [0, 0.05) is 18.6 Å². The number of likely N-dealkylation sites (tertiary alicyclic amines) is 1. The normalized spacial score (nSPS) is 20.0. The number of halogens is 1. The summed E-state index contributed by atoms with van der Waals surface area (Å²) in [6.07, 6.45) is 0.748. The number of nitrogen functional groups attached to an aromatic ring is 1. The third-order valence-electron chi connectivity index (χ3n) is 3.39. The van der Waals surface area contributed by atoms with Crippen LogP contribution in [0.25, 0.3) is 11.0 Å². The minimum Gasteiger partial charge on any atom is -0.369 e. The van der Waals surface area contributed by atoms with Gasteiger partial charge >= 0.3 is 0 Å². The van der Waals surface area contributed by atoms with Crippen LogP contribution in [-0.2, 0) is 4.79 Å². The van der Waals surface area contributed by atoms with Gasteiger partial charge in [-0.1, -0.05) is 11.6 Å². The zero-order valence-electron chi connectivity index (χ0n) is 9.93. The number of anilines is 1. The third-order valence-corrected chi connectivity index (χ3v) is 3.62. The average molecular weight is 265 g/mol. The van der Waals surface area contributed by atoms with Crippen molar-refractivity contribution in [1.29, 1.82) is 0 Å². The molecule has 1 aromatic carbocycles. The quantitative estimate of drug-likeness (QED) is 0.852. The summed E-state index contributed by atoms with van der Waals surface area (Å²) in [5.74, 6) is 0.432. The lowest BCUT2D eigenvalue weighted by Crippen LogP contribution is -2.25. The molecule has 1 amide bonds. The van der Waals surface area contributed by atoms with Crippen molar-refractivity contribution in [3.05, 3.63) is 23.2 Å². The standard InChI is InChI=1S/C12H13ClN4O/c1-16-5-4-9(11(16)18)17-10-6-7(13)2-3-8(10)15-12(17)14/h2-3,6,9H,4-5H2,1H3,(H2,14,15). The molecular weight excluding hydrogens is 252 g/mol. The van der Waals surface area contributed by atoms with Gasteiger partial charge in [0.15, 0.2) is 0 Å². The van der Waals surface area contributed by atoms with Gasteiger partial charge in [-0.05, 0) is 24.6 Å². The summed E-state index contributed by atoms with van der Waals surface area (Å²) in [5, 5.41) is 0.613. The molecule has 2 aromatic rings. The number of hydrogen-bond acceptors (Lipinski definition) is 3. The molecule has 2 heterocycles. The van der Waals surface area contributed by atoms with Crippen molar-refractivity contribution in [3.8, 4) is 0 Å². The van der Waals surface area contributed by atoms with Crippen LogP contribution in [0.3, 0.4) is 0 Å². The van der Waals surface area contributed by atoms with Gasteiger partial charge in [0.1, 0.15) is 6.04 Å². The Morgan fingerprint density at radius 3 is 2.94 bits per heavy atom. The third kappa shape index (κ3) is 1.54. The summed E-state index contributed by atoms with van der Waals surface area (Å²) in [5.41, 5.74) is 7.51. The lowest BCUT2D eigenvalue weighted by Gasteiger charge is -2.14. The van der Waals surface area contributed by atoms with Crippen molar-refractivity contribution in [3.63, 3.8) is 0 Å². The van der Waals surface area contributed by atoms with Gasteiger partial charge in [-0.3, -0.25) is 9.36 Å². The first-order chi connectivity index (χ1) is 8.58. The molecule has 1 fully saturated rings. The number of nitrogens with two attached hydrogens (primary N) is 1. The molecular formula is C12H13ClN4O. The number of fused-ring (bicyclic) bond motifs is 1. The van der Waals surface area contributed by atoms with E-state index in [1.165, 1.54) is 0 Å². The molecule has 6 heteroatoms. The van der Waals surface area contributed by atoms with E-state index in [2.05, 4.69) is 4.98 Å².